The molecule has 1 fully saturated rings. The molecule has 0 spiro atoms. The SMILES string of the molecule is CCOc1ccc(NC(=O)[C@@H]2CC[C@H](C(=O)O)O2)cc1S(=O)(=O)N(C)C. The molecule has 26 heavy (non-hydrogen) atoms. The lowest BCUT2D eigenvalue weighted by atomic mass is 10.2. The highest BCUT2D eigenvalue weighted by atomic mass is 32.2. The highest BCUT2D eigenvalue weighted by Gasteiger charge is 2.35. The van der Waals surface area contributed by atoms with E-state index in [1.807, 2.05) is 0 Å². The third-order valence-electron chi connectivity index (χ3n) is 3.86. The Morgan fingerprint density at radius 3 is 2.50 bits per heavy atom. The Morgan fingerprint density at radius 1 is 1.31 bits per heavy atom. The third-order valence-corrected chi connectivity index (χ3v) is 5.69. The van der Waals surface area contributed by atoms with Crippen LogP contribution >= 0.6 is 0 Å². The lowest BCUT2D eigenvalue weighted by Gasteiger charge is -2.17. The van der Waals surface area contributed by atoms with E-state index in [0.717, 1.165) is 4.31 Å². The smallest absolute Gasteiger partial charge is 0.332 e. The molecule has 2 atom stereocenters. The van der Waals surface area contributed by atoms with Crippen molar-refractivity contribution in [3.8, 4) is 5.75 Å². The molecule has 0 aromatic heterocycles. The van der Waals surface area contributed by atoms with Gasteiger partial charge in [0.05, 0.1) is 6.61 Å². The van der Waals surface area contributed by atoms with Crippen molar-refractivity contribution in [1.29, 1.82) is 0 Å². The molecule has 1 aliphatic rings. The first kappa shape index (κ1) is 20.1. The number of carboxylic acid groups (broad SMARTS) is 1. The van der Waals surface area contributed by atoms with Crippen LogP contribution in [0.1, 0.15) is 19.8 Å². The van der Waals surface area contributed by atoms with Gasteiger partial charge in [0.25, 0.3) is 5.91 Å². The minimum atomic E-state index is -3.78. The Labute approximate surface area is 151 Å². The topological polar surface area (TPSA) is 122 Å². The summed E-state index contributed by atoms with van der Waals surface area (Å²) in [7, 11) is -0.984. The van der Waals surface area contributed by atoms with Crippen molar-refractivity contribution in [3.63, 3.8) is 0 Å². The molecule has 1 heterocycles. The van der Waals surface area contributed by atoms with Gasteiger partial charge >= 0.3 is 5.97 Å². The van der Waals surface area contributed by atoms with E-state index in [1.54, 1.807) is 6.92 Å². The Hall–Kier alpha value is -2.17. The van der Waals surface area contributed by atoms with E-state index in [4.69, 9.17) is 14.6 Å². The van der Waals surface area contributed by atoms with E-state index in [9.17, 15) is 18.0 Å². The van der Waals surface area contributed by atoms with Gasteiger partial charge in [-0.25, -0.2) is 17.5 Å². The van der Waals surface area contributed by atoms with Crippen LogP contribution < -0.4 is 10.1 Å². The van der Waals surface area contributed by atoms with Gasteiger partial charge in [-0.1, -0.05) is 0 Å². The van der Waals surface area contributed by atoms with Crippen LogP contribution in [0.15, 0.2) is 23.1 Å². The number of nitrogens with one attached hydrogen (secondary N) is 1. The predicted octanol–water partition coefficient (Wildman–Crippen LogP) is 0.906. The summed E-state index contributed by atoms with van der Waals surface area (Å²) >= 11 is 0. The number of anilines is 1. The molecule has 10 heteroatoms. The minimum absolute atomic E-state index is 0.0714. The predicted molar refractivity (Wildman–Crippen MR) is 92.6 cm³/mol. The van der Waals surface area contributed by atoms with Crippen molar-refractivity contribution in [3.05, 3.63) is 18.2 Å². The number of carbonyl (C=O) groups is 2. The van der Waals surface area contributed by atoms with Gasteiger partial charge in [0.15, 0.2) is 6.10 Å². The molecule has 0 saturated carbocycles. The summed E-state index contributed by atoms with van der Waals surface area (Å²) in [4.78, 5) is 23.1. The number of hydrogen-bond donors (Lipinski definition) is 2. The Bertz CT molecular complexity index is 792. The second-order valence-electron chi connectivity index (χ2n) is 5.90. The fourth-order valence-electron chi connectivity index (χ4n) is 2.49. The van der Waals surface area contributed by atoms with Crippen LogP contribution in [0.3, 0.4) is 0 Å². The van der Waals surface area contributed by atoms with E-state index in [2.05, 4.69) is 5.32 Å². The maximum absolute atomic E-state index is 12.5. The van der Waals surface area contributed by atoms with Gasteiger partial charge < -0.3 is 19.9 Å². The number of rotatable bonds is 7. The maximum Gasteiger partial charge on any atom is 0.332 e. The van der Waals surface area contributed by atoms with Crippen LogP contribution in [0.5, 0.6) is 5.75 Å². The van der Waals surface area contributed by atoms with Crippen molar-refractivity contribution in [1.82, 2.24) is 4.31 Å². The molecule has 0 unspecified atom stereocenters. The second kappa shape index (κ2) is 8.02. The van der Waals surface area contributed by atoms with Crippen molar-refractivity contribution in [2.45, 2.75) is 36.9 Å². The monoisotopic (exact) mass is 386 g/mol. The average molecular weight is 386 g/mol. The number of ether oxygens (including phenoxy) is 2. The molecule has 9 nitrogen and oxygen atoms in total. The minimum Gasteiger partial charge on any atom is -0.492 e. The molecule has 1 amide bonds. The summed E-state index contributed by atoms with van der Waals surface area (Å²) in [6, 6.07) is 4.29. The molecule has 0 radical (unpaired) electrons. The molecule has 144 valence electrons. The normalized spacial score (nSPS) is 20.2. The number of benzene rings is 1. The summed E-state index contributed by atoms with van der Waals surface area (Å²) < 4.78 is 36.6. The molecule has 1 aliphatic heterocycles. The van der Waals surface area contributed by atoms with Crippen molar-refractivity contribution >= 4 is 27.6 Å². The molecule has 0 aliphatic carbocycles. The molecule has 0 bridgehead atoms. The summed E-state index contributed by atoms with van der Waals surface area (Å²) in [5.74, 6) is -1.45. The zero-order chi connectivity index (χ0) is 19.5. The van der Waals surface area contributed by atoms with Crippen molar-refractivity contribution in [2.24, 2.45) is 0 Å². The number of hydrogen-bond acceptors (Lipinski definition) is 6. The fraction of sp³-hybridized carbons (Fsp3) is 0.500. The highest BCUT2D eigenvalue weighted by molar-refractivity contribution is 7.89. The first-order chi connectivity index (χ1) is 12.2. The highest BCUT2D eigenvalue weighted by Crippen LogP contribution is 2.30. The fourth-order valence-corrected chi connectivity index (χ4v) is 3.54. The number of amides is 1. The Balaban J connectivity index is 2.23. The summed E-state index contributed by atoms with van der Waals surface area (Å²) in [6.45, 7) is 2.02. The molecule has 1 saturated heterocycles. The van der Waals surface area contributed by atoms with Gasteiger partial charge in [0.1, 0.15) is 16.7 Å². The van der Waals surface area contributed by atoms with Crippen LogP contribution in [-0.4, -0.2) is 62.6 Å². The van der Waals surface area contributed by atoms with Gasteiger partial charge in [-0.3, -0.25) is 4.79 Å². The van der Waals surface area contributed by atoms with Crippen molar-refractivity contribution < 1.29 is 32.6 Å². The van der Waals surface area contributed by atoms with Crippen LogP contribution in [-0.2, 0) is 24.3 Å². The average Bonchev–Trinajstić information content (AvgIpc) is 3.06. The van der Waals surface area contributed by atoms with Gasteiger partial charge in [0, 0.05) is 19.8 Å². The van der Waals surface area contributed by atoms with Crippen LogP contribution in [0.2, 0.25) is 0 Å². The summed E-state index contributed by atoms with van der Waals surface area (Å²) in [6.07, 6.45) is -1.37. The van der Waals surface area contributed by atoms with Crippen LogP contribution in [0, 0.1) is 0 Å². The number of carboxylic acids is 1. The Kier molecular flexibility index (Phi) is 6.21. The molecule has 1 aromatic carbocycles. The second-order valence-corrected chi connectivity index (χ2v) is 8.02. The van der Waals surface area contributed by atoms with Gasteiger partial charge in [-0.05, 0) is 38.0 Å². The number of sulfonamides is 1. The Morgan fingerprint density at radius 2 is 1.96 bits per heavy atom. The van der Waals surface area contributed by atoms with Crippen LogP contribution in [0.4, 0.5) is 5.69 Å². The number of nitrogens with zero attached hydrogens (tertiary/aromatic N) is 1. The van der Waals surface area contributed by atoms with E-state index in [0.29, 0.717) is 0 Å². The largest absolute Gasteiger partial charge is 0.492 e. The third kappa shape index (κ3) is 4.32. The first-order valence-electron chi connectivity index (χ1n) is 8.05. The molecule has 2 N–H and O–H groups in total. The number of carbonyl (C=O) groups excluding carboxylic acids is 1. The van der Waals surface area contributed by atoms with E-state index < -0.39 is 34.1 Å². The quantitative estimate of drug-likeness (QED) is 0.714. The molecular weight excluding hydrogens is 364 g/mol. The van der Waals surface area contributed by atoms with Gasteiger partial charge in [0.2, 0.25) is 10.0 Å². The zero-order valence-corrected chi connectivity index (χ0v) is 15.6. The zero-order valence-electron chi connectivity index (χ0n) is 14.8. The summed E-state index contributed by atoms with van der Waals surface area (Å²) in [5.41, 5.74) is 0.251. The van der Waals surface area contributed by atoms with Gasteiger partial charge in [-0.15, -0.1) is 0 Å². The molecule has 1 aromatic rings. The van der Waals surface area contributed by atoms with E-state index >= 15 is 0 Å². The maximum atomic E-state index is 12.5. The number of aliphatic carboxylic acids is 1. The van der Waals surface area contributed by atoms with Gasteiger partial charge in [-0.2, -0.15) is 0 Å². The summed E-state index contributed by atoms with van der Waals surface area (Å²) in [5, 5.41) is 11.5. The van der Waals surface area contributed by atoms with E-state index in [-0.39, 0.29) is 35.8 Å². The lowest BCUT2D eigenvalue weighted by Crippen LogP contribution is -2.30. The van der Waals surface area contributed by atoms with E-state index in [1.165, 1.54) is 32.3 Å². The molecule has 2 rings (SSSR count). The lowest BCUT2D eigenvalue weighted by molar-refractivity contribution is -0.150. The van der Waals surface area contributed by atoms with Crippen LogP contribution in [0.25, 0.3) is 0 Å². The first-order valence-corrected chi connectivity index (χ1v) is 9.49. The molecular formula is C16H22N2O7S. The van der Waals surface area contributed by atoms with Crippen molar-refractivity contribution in [2.75, 3.05) is 26.0 Å². The standard InChI is InChI=1S/C16H22N2O7S/c1-4-24-11-6-5-10(9-14(11)26(22,23)18(2)3)17-15(19)12-7-8-13(25-12)16(20)21/h5-6,9,12-13H,4,7-8H2,1-3H3,(H,17,19)(H,20,21)/t12-,13+/m0/s1.